The van der Waals surface area contributed by atoms with Crippen LogP contribution in [0, 0.1) is 0 Å². The quantitative estimate of drug-likeness (QED) is 0.556. The highest BCUT2D eigenvalue weighted by Gasteiger charge is 2.50. The van der Waals surface area contributed by atoms with Gasteiger partial charge in [-0.15, -0.1) is 0 Å². The molecule has 0 spiro atoms. The molecule has 5 nitrogen and oxygen atoms in total. The lowest BCUT2D eigenvalue weighted by molar-refractivity contribution is -0.138. The third-order valence-electron chi connectivity index (χ3n) is 5.26. The van der Waals surface area contributed by atoms with Crippen LogP contribution in [0.25, 0.3) is 0 Å². The number of benzene rings is 2. The van der Waals surface area contributed by atoms with Crippen molar-refractivity contribution in [3.63, 3.8) is 0 Å². The van der Waals surface area contributed by atoms with Gasteiger partial charge in [0, 0.05) is 5.69 Å². The smallest absolute Gasteiger partial charge is 0.416 e. The summed E-state index contributed by atoms with van der Waals surface area (Å²) in [6.45, 7) is 2.09. The van der Waals surface area contributed by atoms with Crippen LogP contribution in [0.4, 0.5) is 36.8 Å². The molecule has 1 heterocycles. The van der Waals surface area contributed by atoms with E-state index in [1.54, 1.807) is 0 Å². The molecule has 0 aromatic heterocycles. The van der Waals surface area contributed by atoms with E-state index in [2.05, 4.69) is 0 Å². The second-order valence-corrected chi connectivity index (χ2v) is 10.2. The Kier molecular flexibility index (Phi) is 5.73. The van der Waals surface area contributed by atoms with Gasteiger partial charge in [-0.25, -0.2) is 13.2 Å². The summed E-state index contributed by atoms with van der Waals surface area (Å²) >= 11 is 0. The summed E-state index contributed by atoms with van der Waals surface area (Å²) in [7, 11) is -4.41. The summed E-state index contributed by atoms with van der Waals surface area (Å²) < 4.78 is 107. The Bertz CT molecular complexity index is 1120. The standard InChI is InChI=1S/C20H17F6NO4S/c1-18(2,32(29,30)15-5-3-4-13(10-15)20(24,25)26)16-11-27(17(28)31-16)14-8-6-12(7-9-14)19(21,22)23/h3-10,16H,11H2,1-2H3/t16-/m1/s1. The minimum absolute atomic E-state index is 0.0535. The molecule has 1 aliphatic heterocycles. The highest BCUT2D eigenvalue weighted by molar-refractivity contribution is 7.92. The van der Waals surface area contributed by atoms with Gasteiger partial charge in [-0.3, -0.25) is 4.90 Å². The molecule has 0 N–H and O–H groups in total. The maximum atomic E-state index is 13.1. The van der Waals surface area contributed by atoms with Crippen LogP contribution in [0.5, 0.6) is 0 Å². The monoisotopic (exact) mass is 481 g/mol. The van der Waals surface area contributed by atoms with Crippen molar-refractivity contribution in [2.45, 2.75) is 41.9 Å². The number of halogens is 6. The Labute approximate surface area is 179 Å². The number of carbonyl (C=O) groups is 1. The maximum Gasteiger partial charge on any atom is 0.416 e. The molecule has 32 heavy (non-hydrogen) atoms. The first kappa shape index (κ1) is 23.9. The molecule has 2 aromatic carbocycles. The number of sulfone groups is 1. The van der Waals surface area contributed by atoms with E-state index in [4.69, 9.17) is 4.74 Å². The number of anilines is 1. The zero-order valence-electron chi connectivity index (χ0n) is 16.7. The molecule has 3 rings (SSSR count). The molecule has 0 radical (unpaired) electrons. The number of cyclic esters (lactones) is 1. The molecule has 0 aliphatic carbocycles. The number of rotatable bonds is 4. The molecule has 0 bridgehead atoms. The minimum Gasteiger partial charge on any atom is -0.442 e. The number of hydrogen-bond acceptors (Lipinski definition) is 4. The molecule has 1 saturated heterocycles. The van der Waals surface area contributed by atoms with Crippen molar-refractivity contribution < 1.29 is 44.3 Å². The molecule has 12 heteroatoms. The minimum atomic E-state index is -4.76. The Balaban J connectivity index is 1.89. The number of nitrogens with zero attached hydrogens (tertiary/aromatic N) is 1. The molecule has 1 aliphatic rings. The lowest BCUT2D eigenvalue weighted by atomic mass is 10.1. The summed E-state index contributed by atoms with van der Waals surface area (Å²) in [5.41, 5.74) is -2.03. The van der Waals surface area contributed by atoms with Crippen molar-refractivity contribution in [3.8, 4) is 0 Å². The van der Waals surface area contributed by atoms with Crippen molar-refractivity contribution >= 4 is 21.6 Å². The summed E-state index contributed by atoms with van der Waals surface area (Å²) in [5.74, 6) is 0. The molecule has 2 aromatic rings. The highest BCUT2D eigenvalue weighted by atomic mass is 32.2. The van der Waals surface area contributed by atoms with Crippen LogP contribution in [-0.4, -0.2) is 31.9 Å². The van der Waals surface area contributed by atoms with Crippen LogP contribution in [0.3, 0.4) is 0 Å². The van der Waals surface area contributed by atoms with Crippen molar-refractivity contribution in [1.29, 1.82) is 0 Å². The van der Waals surface area contributed by atoms with Crippen LogP contribution in [0.2, 0.25) is 0 Å². The summed E-state index contributed by atoms with van der Waals surface area (Å²) in [6, 6.07) is 6.82. The summed E-state index contributed by atoms with van der Waals surface area (Å²) in [6.07, 6.45) is -11.6. The third kappa shape index (κ3) is 4.27. The normalized spacial score (nSPS) is 18.1. The van der Waals surface area contributed by atoms with Crippen molar-refractivity contribution in [2.24, 2.45) is 0 Å². The fourth-order valence-corrected chi connectivity index (χ4v) is 4.80. The van der Waals surface area contributed by atoms with Crippen LogP contribution < -0.4 is 4.90 Å². The van der Waals surface area contributed by atoms with Gasteiger partial charge in [0.05, 0.1) is 22.6 Å². The Hall–Kier alpha value is -2.76. The zero-order chi connectivity index (χ0) is 24.1. The summed E-state index contributed by atoms with van der Waals surface area (Å²) in [4.78, 5) is 12.7. The molecular weight excluding hydrogens is 464 g/mol. The largest absolute Gasteiger partial charge is 0.442 e. The molecule has 0 unspecified atom stereocenters. The molecule has 1 fully saturated rings. The van der Waals surface area contributed by atoms with E-state index in [1.807, 2.05) is 0 Å². The first-order chi connectivity index (χ1) is 14.5. The number of carbonyl (C=O) groups excluding carboxylic acids is 1. The number of amides is 1. The van der Waals surface area contributed by atoms with E-state index in [1.165, 1.54) is 13.8 Å². The molecule has 0 saturated carbocycles. The SMILES string of the molecule is CC(C)([C@H]1CN(c2ccc(C(F)(F)F)cc2)C(=O)O1)S(=O)(=O)c1cccc(C(F)(F)F)c1. The van der Waals surface area contributed by atoms with Crippen LogP contribution in [-0.2, 0) is 26.9 Å². The van der Waals surface area contributed by atoms with E-state index in [-0.39, 0.29) is 12.2 Å². The summed E-state index contributed by atoms with van der Waals surface area (Å²) in [5, 5.41) is 0. The van der Waals surface area contributed by atoms with Gasteiger partial charge in [0.2, 0.25) is 0 Å². The lowest BCUT2D eigenvalue weighted by Crippen LogP contribution is -2.46. The fraction of sp³-hybridized carbons (Fsp3) is 0.350. The van der Waals surface area contributed by atoms with Crippen molar-refractivity contribution in [1.82, 2.24) is 0 Å². The van der Waals surface area contributed by atoms with Gasteiger partial charge >= 0.3 is 18.4 Å². The average Bonchev–Trinajstić information content (AvgIpc) is 3.09. The highest BCUT2D eigenvalue weighted by Crippen LogP contribution is 2.38. The second kappa shape index (κ2) is 7.68. The fourth-order valence-electron chi connectivity index (χ4n) is 3.18. The second-order valence-electron chi connectivity index (χ2n) is 7.66. The van der Waals surface area contributed by atoms with Gasteiger partial charge in [0.15, 0.2) is 9.84 Å². The molecule has 1 amide bonds. The maximum absolute atomic E-state index is 13.1. The van der Waals surface area contributed by atoms with Gasteiger partial charge in [-0.2, -0.15) is 26.3 Å². The van der Waals surface area contributed by atoms with Gasteiger partial charge in [0.25, 0.3) is 0 Å². The average molecular weight is 481 g/mol. The van der Waals surface area contributed by atoms with E-state index in [0.29, 0.717) is 6.07 Å². The number of hydrogen-bond donors (Lipinski definition) is 0. The van der Waals surface area contributed by atoms with Gasteiger partial charge in [0.1, 0.15) is 10.9 Å². The molecule has 174 valence electrons. The van der Waals surface area contributed by atoms with E-state index in [0.717, 1.165) is 47.4 Å². The van der Waals surface area contributed by atoms with Crippen molar-refractivity contribution in [2.75, 3.05) is 11.4 Å². The predicted octanol–water partition coefficient (Wildman–Crippen LogP) is 5.30. The first-order valence-corrected chi connectivity index (χ1v) is 10.6. The Morgan fingerprint density at radius 3 is 2.00 bits per heavy atom. The Morgan fingerprint density at radius 2 is 1.47 bits per heavy atom. The van der Waals surface area contributed by atoms with Crippen LogP contribution >= 0.6 is 0 Å². The van der Waals surface area contributed by atoms with Gasteiger partial charge in [-0.1, -0.05) is 6.07 Å². The number of ether oxygens (including phenoxy) is 1. The third-order valence-corrected chi connectivity index (χ3v) is 7.78. The molecular formula is C20H17F6NO4S. The number of alkyl halides is 6. The zero-order valence-corrected chi connectivity index (χ0v) is 17.5. The van der Waals surface area contributed by atoms with E-state index in [9.17, 15) is 39.6 Å². The molecule has 1 atom stereocenters. The predicted molar refractivity (Wildman–Crippen MR) is 102 cm³/mol. The van der Waals surface area contributed by atoms with E-state index < -0.39 is 55.2 Å². The Morgan fingerprint density at radius 1 is 0.906 bits per heavy atom. The van der Waals surface area contributed by atoms with Crippen LogP contribution in [0.15, 0.2) is 53.4 Å². The first-order valence-electron chi connectivity index (χ1n) is 9.12. The van der Waals surface area contributed by atoms with Crippen molar-refractivity contribution in [3.05, 3.63) is 59.7 Å². The van der Waals surface area contributed by atoms with Gasteiger partial charge < -0.3 is 4.74 Å². The topological polar surface area (TPSA) is 63.7 Å². The van der Waals surface area contributed by atoms with Crippen LogP contribution in [0.1, 0.15) is 25.0 Å². The lowest BCUT2D eigenvalue weighted by Gasteiger charge is -2.29. The van der Waals surface area contributed by atoms with Gasteiger partial charge in [-0.05, 0) is 56.3 Å². The van der Waals surface area contributed by atoms with E-state index >= 15 is 0 Å².